The summed E-state index contributed by atoms with van der Waals surface area (Å²) in [6.45, 7) is 2.68. The first-order chi connectivity index (χ1) is 7.74. The van der Waals surface area contributed by atoms with Crippen LogP contribution in [0, 0.1) is 11.6 Å². The highest BCUT2D eigenvalue weighted by atomic mass is 32.2. The van der Waals surface area contributed by atoms with Crippen molar-refractivity contribution >= 4 is 11.8 Å². The highest BCUT2D eigenvalue weighted by Gasteiger charge is 2.02. The van der Waals surface area contributed by atoms with Gasteiger partial charge in [-0.25, -0.2) is 8.78 Å². The predicted octanol–water partition coefficient (Wildman–Crippen LogP) is 3.88. The molecule has 90 valence electrons. The van der Waals surface area contributed by atoms with E-state index < -0.39 is 11.6 Å². The van der Waals surface area contributed by atoms with Crippen LogP contribution in [0.25, 0.3) is 0 Å². The van der Waals surface area contributed by atoms with Crippen LogP contribution in [0.5, 0.6) is 5.75 Å². The van der Waals surface area contributed by atoms with E-state index >= 15 is 0 Å². The second kappa shape index (κ2) is 7.49. The smallest absolute Gasteiger partial charge is 0.162 e. The molecule has 0 saturated carbocycles. The Labute approximate surface area is 99.2 Å². The SMILES string of the molecule is CCSCCCCOc1ccc(F)c(F)c1. The monoisotopic (exact) mass is 246 g/mol. The molecule has 0 N–H and O–H groups in total. The lowest BCUT2D eigenvalue weighted by Crippen LogP contribution is -1.99. The Balaban J connectivity index is 2.19. The highest BCUT2D eigenvalue weighted by molar-refractivity contribution is 7.99. The number of unbranched alkanes of at least 4 members (excludes halogenated alkanes) is 1. The van der Waals surface area contributed by atoms with Crippen LogP contribution in [0.4, 0.5) is 8.78 Å². The van der Waals surface area contributed by atoms with Crippen LogP contribution in [-0.4, -0.2) is 18.1 Å². The van der Waals surface area contributed by atoms with Gasteiger partial charge in [0.05, 0.1) is 6.61 Å². The molecule has 1 aromatic rings. The van der Waals surface area contributed by atoms with Gasteiger partial charge in [0.15, 0.2) is 11.6 Å². The van der Waals surface area contributed by atoms with Crippen molar-refractivity contribution in [2.45, 2.75) is 19.8 Å². The van der Waals surface area contributed by atoms with Crippen molar-refractivity contribution in [2.24, 2.45) is 0 Å². The van der Waals surface area contributed by atoms with E-state index in [1.807, 2.05) is 11.8 Å². The van der Waals surface area contributed by atoms with E-state index in [1.165, 1.54) is 6.07 Å². The predicted molar refractivity (Wildman–Crippen MR) is 64.1 cm³/mol. The molecule has 0 radical (unpaired) electrons. The van der Waals surface area contributed by atoms with E-state index in [2.05, 4.69) is 6.92 Å². The van der Waals surface area contributed by atoms with Crippen LogP contribution in [0.15, 0.2) is 18.2 Å². The van der Waals surface area contributed by atoms with Crippen molar-refractivity contribution in [1.29, 1.82) is 0 Å². The maximum Gasteiger partial charge on any atom is 0.162 e. The molecule has 0 aromatic heterocycles. The maximum atomic E-state index is 12.8. The van der Waals surface area contributed by atoms with Crippen molar-refractivity contribution in [1.82, 2.24) is 0 Å². The van der Waals surface area contributed by atoms with Gasteiger partial charge in [0.2, 0.25) is 0 Å². The van der Waals surface area contributed by atoms with E-state index in [9.17, 15) is 8.78 Å². The molecule has 0 unspecified atom stereocenters. The molecule has 0 heterocycles. The van der Waals surface area contributed by atoms with Crippen molar-refractivity contribution < 1.29 is 13.5 Å². The third kappa shape index (κ3) is 4.84. The van der Waals surface area contributed by atoms with Crippen molar-refractivity contribution in [3.05, 3.63) is 29.8 Å². The summed E-state index contributed by atoms with van der Waals surface area (Å²) >= 11 is 1.89. The fourth-order valence-corrected chi connectivity index (χ4v) is 1.90. The Kier molecular flexibility index (Phi) is 6.23. The van der Waals surface area contributed by atoms with Crippen LogP contribution in [0.2, 0.25) is 0 Å². The van der Waals surface area contributed by atoms with E-state index in [4.69, 9.17) is 4.74 Å². The minimum atomic E-state index is -0.862. The van der Waals surface area contributed by atoms with Crippen molar-refractivity contribution in [2.75, 3.05) is 18.1 Å². The molecule has 0 aliphatic heterocycles. The molecule has 16 heavy (non-hydrogen) atoms. The molecule has 0 saturated heterocycles. The molecule has 0 fully saturated rings. The number of halogens is 2. The zero-order chi connectivity index (χ0) is 11.8. The third-order valence-corrected chi connectivity index (χ3v) is 3.03. The quantitative estimate of drug-likeness (QED) is 0.675. The summed E-state index contributed by atoms with van der Waals surface area (Å²) in [4.78, 5) is 0. The van der Waals surface area contributed by atoms with Gasteiger partial charge < -0.3 is 4.74 Å². The van der Waals surface area contributed by atoms with E-state index in [0.717, 1.165) is 36.5 Å². The van der Waals surface area contributed by atoms with Crippen LogP contribution < -0.4 is 4.74 Å². The van der Waals surface area contributed by atoms with Gasteiger partial charge in [-0.15, -0.1) is 0 Å². The Morgan fingerprint density at radius 2 is 2.00 bits per heavy atom. The summed E-state index contributed by atoms with van der Waals surface area (Å²) in [5.74, 6) is 0.939. The van der Waals surface area contributed by atoms with E-state index in [1.54, 1.807) is 0 Å². The standard InChI is InChI=1S/C12H16F2OS/c1-2-16-8-4-3-7-15-10-5-6-11(13)12(14)9-10/h5-6,9H,2-4,7-8H2,1H3. The minimum Gasteiger partial charge on any atom is -0.493 e. The van der Waals surface area contributed by atoms with Crippen LogP contribution in [0.3, 0.4) is 0 Å². The molecular weight excluding hydrogens is 230 g/mol. The van der Waals surface area contributed by atoms with Gasteiger partial charge in [-0.3, -0.25) is 0 Å². The second-order valence-corrected chi connectivity index (χ2v) is 4.72. The molecule has 0 spiro atoms. The highest BCUT2D eigenvalue weighted by Crippen LogP contribution is 2.15. The largest absolute Gasteiger partial charge is 0.493 e. The van der Waals surface area contributed by atoms with E-state index in [-0.39, 0.29) is 0 Å². The van der Waals surface area contributed by atoms with Crippen molar-refractivity contribution in [3.63, 3.8) is 0 Å². The summed E-state index contributed by atoms with van der Waals surface area (Å²) in [6.07, 6.45) is 2.02. The number of hydrogen-bond acceptors (Lipinski definition) is 2. The minimum absolute atomic E-state index is 0.391. The van der Waals surface area contributed by atoms with Gasteiger partial charge in [-0.2, -0.15) is 11.8 Å². The third-order valence-electron chi connectivity index (χ3n) is 2.05. The average molecular weight is 246 g/mol. The molecule has 1 nitrogen and oxygen atoms in total. The molecule has 1 aromatic carbocycles. The fourth-order valence-electron chi connectivity index (χ4n) is 1.21. The lowest BCUT2D eigenvalue weighted by molar-refractivity contribution is 0.307. The normalized spacial score (nSPS) is 10.4. The molecule has 0 atom stereocenters. The molecule has 1 rings (SSSR count). The first-order valence-electron chi connectivity index (χ1n) is 5.39. The molecule has 0 bridgehead atoms. The van der Waals surface area contributed by atoms with Crippen LogP contribution in [-0.2, 0) is 0 Å². The summed E-state index contributed by atoms with van der Waals surface area (Å²) < 4.78 is 30.7. The number of ether oxygens (including phenoxy) is 1. The Morgan fingerprint density at radius 3 is 2.69 bits per heavy atom. The zero-order valence-corrected chi connectivity index (χ0v) is 10.2. The van der Waals surface area contributed by atoms with Gasteiger partial charge in [0, 0.05) is 6.07 Å². The number of hydrogen-bond donors (Lipinski definition) is 0. The molecule has 0 aliphatic carbocycles. The Hall–Kier alpha value is -0.770. The lowest BCUT2D eigenvalue weighted by Gasteiger charge is -2.06. The lowest BCUT2D eigenvalue weighted by atomic mass is 10.3. The number of rotatable bonds is 7. The van der Waals surface area contributed by atoms with Crippen LogP contribution >= 0.6 is 11.8 Å². The van der Waals surface area contributed by atoms with Gasteiger partial charge in [-0.05, 0) is 36.5 Å². The average Bonchev–Trinajstić information content (AvgIpc) is 2.28. The topological polar surface area (TPSA) is 9.23 Å². The fraction of sp³-hybridized carbons (Fsp3) is 0.500. The summed E-state index contributed by atoms with van der Waals surface area (Å²) in [5.41, 5.74) is 0. The molecular formula is C12H16F2OS. The zero-order valence-electron chi connectivity index (χ0n) is 9.34. The first kappa shape index (κ1) is 13.3. The van der Waals surface area contributed by atoms with Crippen LogP contribution in [0.1, 0.15) is 19.8 Å². The van der Waals surface area contributed by atoms with Crippen molar-refractivity contribution in [3.8, 4) is 5.75 Å². The maximum absolute atomic E-state index is 12.8. The molecule has 4 heteroatoms. The summed E-state index contributed by atoms with van der Waals surface area (Å²) in [7, 11) is 0. The van der Waals surface area contributed by atoms with Gasteiger partial charge in [-0.1, -0.05) is 6.92 Å². The second-order valence-electron chi connectivity index (χ2n) is 3.33. The Bertz CT molecular complexity index is 318. The molecule has 0 amide bonds. The van der Waals surface area contributed by atoms with Gasteiger partial charge in [0.1, 0.15) is 5.75 Å². The first-order valence-corrected chi connectivity index (χ1v) is 6.55. The van der Waals surface area contributed by atoms with Gasteiger partial charge in [0.25, 0.3) is 0 Å². The number of thioether (sulfide) groups is 1. The molecule has 0 aliphatic rings. The summed E-state index contributed by atoms with van der Waals surface area (Å²) in [5, 5.41) is 0. The number of benzene rings is 1. The van der Waals surface area contributed by atoms with E-state index in [0.29, 0.717) is 12.4 Å². The Morgan fingerprint density at radius 1 is 1.19 bits per heavy atom. The van der Waals surface area contributed by atoms with Gasteiger partial charge >= 0.3 is 0 Å². The summed E-state index contributed by atoms with van der Waals surface area (Å²) in [6, 6.07) is 3.60.